The second-order valence-electron chi connectivity index (χ2n) is 6.14. The first-order valence-electron chi connectivity index (χ1n) is 8.63. The summed E-state index contributed by atoms with van der Waals surface area (Å²) in [6.07, 6.45) is 0. The van der Waals surface area contributed by atoms with Gasteiger partial charge < -0.3 is 4.74 Å². The number of ether oxygens (including phenoxy) is 1. The molecule has 0 fully saturated rings. The Morgan fingerprint density at radius 3 is 2.70 bits per heavy atom. The molecule has 0 saturated heterocycles. The van der Waals surface area contributed by atoms with E-state index in [2.05, 4.69) is 40.9 Å². The first kappa shape index (κ1) is 20.5. The highest BCUT2D eigenvalue weighted by Gasteiger charge is 2.18. The Hall–Kier alpha value is -2.82. The molecule has 2 heterocycles. The number of rotatable bonds is 5. The van der Waals surface area contributed by atoms with E-state index in [-0.39, 0.29) is 5.91 Å². The van der Waals surface area contributed by atoms with Gasteiger partial charge in [-0.2, -0.15) is 9.36 Å². The summed E-state index contributed by atoms with van der Waals surface area (Å²) in [4.78, 5) is 16.7. The molecule has 2 aromatic carbocycles. The standard InChI is InChI=1S/C19H14BrClN6O2S/c1-10-16(24-26-27(10)13-7-8-15(29-2)14(21)9-13)17-22-19(30-25-17)23-18(28)11-3-5-12(20)6-4-11/h3-9H,1-2H3,(H,22,23,25,28). The molecule has 4 aromatic rings. The second kappa shape index (κ2) is 8.50. The molecule has 0 radical (unpaired) electrons. The number of nitrogens with one attached hydrogen (secondary N) is 1. The number of halogens is 2. The van der Waals surface area contributed by atoms with Crippen LogP contribution in [0.1, 0.15) is 16.1 Å². The van der Waals surface area contributed by atoms with Crippen molar-refractivity contribution in [2.75, 3.05) is 12.4 Å². The fourth-order valence-electron chi connectivity index (χ4n) is 2.71. The zero-order valence-corrected chi connectivity index (χ0v) is 18.9. The Morgan fingerprint density at radius 1 is 1.23 bits per heavy atom. The van der Waals surface area contributed by atoms with Gasteiger partial charge in [0, 0.05) is 21.6 Å². The van der Waals surface area contributed by atoms with Crippen LogP contribution in [-0.4, -0.2) is 37.4 Å². The molecule has 0 aliphatic carbocycles. The Labute approximate surface area is 189 Å². The van der Waals surface area contributed by atoms with Crippen molar-refractivity contribution in [1.29, 1.82) is 0 Å². The molecule has 0 aliphatic rings. The van der Waals surface area contributed by atoms with Crippen molar-refractivity contribution in [3.05, 3.63) is 63.2 Å². The molecular formula is C19H14BrClN6O2S. The lowest BCUT2D eigenvalue weighted by Gasteiger charge is -2.07. The Bertz CT molecular complexity index is 1220. The fraction of sp³-hybridized carbons (Fsp3) is 0.105. The largest absolute Gasteiger partial charge is 0.495 e. The Morgan fingerprint density at radius 2 is 2.00 bits per heavy atom. The van der Waals surface area contributed by atoms with E-state index in [1.807, 2.05) is 13.0 Å². The number of carbonyl (C=O) groups excluding carboxylic acids is 1. The number of nitrogens with zero attached hydrogens (tertiary/aromatic N) is 5. The van der Waals surface area contributed by atoms with Gasteiger partial charge in [0.15, 0.2) is 11.5 Å². The highest BCUT2D eigenvalue weighted by Crippen LogP contribution is 2.29. The lowest BCUT2D eigenvalue weighted by atomic mass is 10.2. The minimum Gasteiger partial charge on any atom is -0.495 e. The van der Waals surface area contributed by atoms with Gasteiger partial charge in [0.05, 0.1) is 23.5 Å². The highest BCUT2D eigenvalue weighted by molar-refractivity contribution is 9.10. The summed E-state index contributed by atoms with van der Waals surface area (Å²) in [6.45, 7) is 1.86. The molecule has 11 heteroatoms. The third-order valence-electron chi connectivity index (χ3n) is 4.24. The van der Waals surface area contributed by atoms with Crippen molar-refractivity contribution in [2.24, 2.45) is 0 Å². The van der Waals surface area contributed by atoms with Crippen LogP contribution < -0.4 is 10.1 Å². The lowest BCUT2D eigenvalue weighted by Crippen LogP contribution is -2.11. The zero-order chi connectivity index (χ0) is 21.3. The van der Waals surface area contributed by atoms with Gasteiger partial charge in [-0.15, -0.1) is 5.10 Å². The van der Waals surface area contributed by atoms with E-state index in [9.17, 15) is 4.79 Å². The Balaban J connectivity index is 1.56. The smallest absolute Gasteiger partial charge is 0.257 e. The first-order valence-corrected chi connectivity index (χ1v) is 10.6. The van der Waals surface area contributed by atoms with E-state index in [0.717, 1.165) is 27.4 Å². The van der Waals surface area contributed by atoms with Crippen LogP contribution in [0.2, 0.25) is 5.02 Å². The van der Waals surface area contributed by atoms with Crippen molar-refractivity contribution in [3.63, 3.8) is 0 Å². The number of hydrogen-bond donors (Lipinski definition) is 1. The van der Waals surface area contributed by atoms with Gasteiger partial charge in [-0.1, -0.05) is 32.7 Å². The van der Waals surface area contributed by atoms with Gasteiger partial charge >= 0.3 is 0 Å². The van der Waals surface area contributed by atoms with Crippen LogP contribution in [0.3, 0.4) is 0 Å². The summed E-state index contributed by atoms with van der Waals surface area (Å²) >= 11 is 10.6. The van der Waals surface area contributed by atoms with E-state index < -0.39 is 0 Å². The average Bonchev–Trinajstić information content (AvgIpc) is 3.34. The number of anilines is 1. The second-order valence-corrected chi connectivity index (χ2v) is 8.21. The number of amides is 1. The van der Waals surface area contributed by atoms with Crippen LogP contribution in [0, 0.1) is 6.92 Å². The molecule has 1 amide bonds. The molecule has 0 atom stereocenters. The maximum Gasteiger partial charge on any atom is 0.257 e. The van der Waals surface area contributed by atoms with Crippen LogP contribution in [0.4, 0.5) is 5.13 Å². The van der Waals surface area contributed by atoms with Gasteiger partial charge in [0.2, 0.25) is 5.13 Å². The zero-order valence-electron chi connectivity index (χ0n) is 15.8. The Kier molecular flexibility index (Phi) is 5.80. The van der Waals surface area contributed by atoms with Crippen molar-refractivity contribution < 1.29 is 9.53 Å². The molecule has 30 heavy (non-hydrogen) atoms. The average molecular weight is 506 g/mol. The van der Waals surface area contributed by atoms with Crippen LogP contribution in [0.25, 0.3) is 17.2 Å². The molecule has 2 aromatic heterocycles. The normalized spacial score (nSPS) is 10.8. The molecule has 0 saturated carbocycles. The van der Waals surface area contributed by atoms with E-state index >= 15 is 0 Å². The van der Waals surface area contributed by atoms with Gasteiger partial charge in [-0.3, -0.25) is 10.1 Å². The van der Waals surface area contributed by atoms with Crippen LogP contribution in [0.5, 0.6) is 5.75 Å². The number of methoxy groups -OCH3 is 1. The summed E-state index contributed by atoms with van der Waals surface area (Å²) < 4.78 is 12.0. The molecule has 8 nitrogen and oxygen atoms in total. The molecule has 0 unspecified atom stereocenters. The predicted octanol–water partition coefficient (Wildman–Crippen LogP) is 4.77. The fourth-order valence-corrected chi connectivity index (χ4v) is 3.79. The molecule has 4 rings (SSSR count). The van der Waals surface area contributed by atoms with Crippen molar-refractivity contribution >= 4 is 50.1 Å². The topological polar surface area (TPSA) is 94.8 Å². The maximum atomic E-state index is 12.4. The third-order valence-corrected chi connectivity index (χ3v) is 5.69. The van der Waals surface area contributed by atoms with E-state index in [4.69, 9.17) is 16.3 Å². The maximum absolute atomic E-state index is 12.4. The van der Waals surface area contributed by atoms with E-state index in [1.54, 1.807) is 48.2 Å². The summed E-state index contributed by atoms with van der Waals surface area (Å²) in [7, 11) is 1.56. The third kappa shape index (κ3) is 4.07. The lowest BCUT2D eigenvalue weighted by molar-refractivity contribution is 0.102. The molecule has 0 aliphatic heterocycles. The summed E-state index contributed by atoms with van der Waals surface area (Å²) in [6, 6.07) is 12.4. The minimum absolute atomic E-state index is 0.265. The number of hydrogen-bond acceptors (Lipinski definition) is 7. The van der Waals surface area contributed by atoms with E-state index in [0.29, 0.717) is 33.0 Å². The van der Waals surface area contributed by atoms with E-state index in [1.165, 1.54) is 0 Å². The van der Waals surface area contributed by atoms with Crippen LogP contribution in [-0.2, 0) is 0 Å². The SMILES string of the molecule is COc1ccc(-n2nnc(-c3nsc(NC(=O)c4ccc(Br)cc4)n3)c2C)cc1Cl. The quantitative estimate of drug-likeness (QED) is 0.420. The molecule has 1 N–H and O–H groups in total. The number of benzene rings is 2. The predicted molar refractivity (Wildman–Crippen MR) is 119 cm³/mol. The van der Waals surface area contributed by atoms with Crippen LogP contribution >= 0.6 is 39.1 Å². The van der Waals surface area contributed by atoms with Crippen molar-refractivity contribution in [2.45, 2.75) is 6.92 Å². The van der Waals surface area contributed by atoms with Crippen LogP contribution in [0.15, 0.2) is 46.9 Å². The number of carbonyl (C=O) groups is 1. The molecule has 152 valence electrons. The van der Waals surface area contributed by atoms with Crippen molar-refractivity contribution in [3.8, 4) is 23.0 Å². The summed E-state index contributed by atoms with van der Waals surface area (Å²) in [5, 5.41) is 12.0. The van der Waals surface area contributed by atoms with Gasteiger partial charge in [-0.05, 0) is 49.4 Å². The van der Waals surface area contributed by atoms with Gasteiger partial charge in [-0.25, -0.2) is 4.68 Å². The monoisotopic (exact) mass is 504 g/mol. The molecule has 0 spiro atoms. The number of aromatic nitrogens is 5. The summed E-state index contributed by atoms with van der Waals surface area (Å²) in [5.41, 5.74) is 2.51. The first-order chi connectivity index (χ1) is 14.5. The minimum atomic E-state index is -0.265. The van der Waals surface area contributed by atoms with Gasteiger partial charge in [0.1, 0.15) is 5.75 Å². The highest BCUT2D eigenvalue weighted by atomic mass is 79.9. The van der Waals surface area contributed by atoms with Crippen molar-refractivity contribution in [1.82, 2.24) is 24.4 Å². The summed E-state index contributed by atoms with van der Waals surface area (Å²) in [5.74, 6) is 0.693. The molecular weight excluding hydrogens is 492 g/mol. The van der Waals surface area contributed by atoms with Gasteiger partial charge in [0.25, 0.3) is 5.91 Å². The molecule has 0 bridgehead atoms.